The van der Waals surface area contributed by atoms with Gasteiger partial charge in [0.1, 0.15) is 0 Å². The summed E-state index contributed by atoms with van der Waals surface area (Å²) in [5.74, 6) is -2.99. The van der Waals surface area contributed by atoms with Gasteiger partial charge in [-0.1, -0.05) is 30.3 Å². The van der Waals surface area contributed by atoms with Gasteiger partial charge in [-0.05, 0) is 23.8 Å². The number of carbonyl (C=O) groups excluding carboxylic acids is 2. The van der Waals surface area contributed by atoms with E-state index in [-0.39, 0.29) is 25.0 Å². The zero-order valence-corrected chi connectivity index (χ0v) is 12.8. The molecule has 0 spiro atoms. The smallest absolute Gasteiger partial charge is 0.221 e. The number of aliphatic hydroxyl groups excluding tert-OH is 1. The zero-order valence-electron chi connectivity index (χ0n) is 12.8. The van der Waals surface area contributed by atoms with E-state index >= 15 is 0 Å². The van der Waals surface area contributed by atoms with Crippen LogP contribution in [0, 0.1) is 11.6 Å². The van der Waals surface area contributed by atoms with E-state index in [9.17, 15) is 23.5 Å². The van der Waals surface area contributed by atoms with Crippen LogP contribution in [0.2, 0.25) is 0 Å². The molecule has 1 unspecified atom stereocenters. The fourth-order valence-electron chi connectivity index (χ4n) is 2.23. The molecule has 2 aromatic carbocycles. The first-order chi connectivity index (χ1) is 11.5. The number of Topliss-reactive ketones (excluding diaryl/α,β-unsaturated/α-hetero) is 1. The predicted octanol–water partition coefficient (Wildman–Crippen LogP) is 2.78. The van der Waals surface area contributed by atoms with Crippen molar-refractivity contribution < 1.29 is 23.5 Å². The van der Waals surface area contributed by atoms with Gasteiger partial charge in [0.15, 0.2) is 17.4 Å². The summed E-state index contributed by atoms with van der Waals surface area (Å²) in [5.41, 5.74) is 0.767. The van der Waals surface area contributed by atoms with Crippen molar-refractivity contribution in [3.05, 3.63) is 71.3 Å². The van der Waals surface area contributed by atoms with Crippen LogP contribution in [-0.2, 0) is 4.79 Å². The number of benzene rings is 2. The van der Waals surface area contributed by atoms with Crippen molar-refractivity contribution in [1.82, 2.24) is 5.32 Å². The summed E-state index contributed by atoms with van der Waals surface area (Å²) < 4.78 is 26.0. The van der Waals surface area contributed by atoms with Gasteiger partial charge in [0, 0.05) is 18.4 Å². The van der Waals surface area contributed by atoms with Gasteiger partial charge in [-0.3, -0.25) is 9.59 Å². The molecule has 0 heterocycles. The lowest BCUT2D eigenvalue weighted by molar-refractivity contribution is -0.122. The van der Waals surface area contributed by atoms with Crippen molar-refractivity contribution in [2.45, 2.75) is 18.9 Å². The van der Waals surface area contributed by atoms with Crippen LogP contribution in [-0.4, -0.2) is 23.4 Å². The number of rotatable bonds is 7. The first kappa shape index (κ1) is 17.7. The molecule has 24 heavy (non-hydrogen) atoms. The molecule has 0 saturated heterocycles. The van der Waals surface area contributed by atoms with E-state index in [4.69, 9.17) is 0 Å². The molecule has 0 saturated carbocycles. The second kappa shape index (κ2) is 8.31. The fourth-order valence-corrected chi connectivity index (χ4v) is 2.23. The third-order valence-corrected chi connectivity index (χ3v) is 3.54. The molecule has 0 aliphatic heterocycles. The topological polar surface area (TPSA) is 66.4 Å². The lowest BCUT2D eigenvalue weighted by atomic mass is 10.0. The number of ketones is 1. The molecule has 1 atom stereocenters. The van der Waals surface area contributed by atoms with Crippen LogP contribution in [0.3, 0.4) is 0 Å². The lowest BCUT2D eigenvalue weighted by Crippen LogP contribution is -2.30. The highest BCUT2D eigenvalue weighted by molar-refractivity contribution is 5.97. The van der Waals surface area contributed by atoms with E-state index in [0.29, 0.717) is 0 Å². The molecular formula is C18H17F2NO3. The molecule has 0 aliphatic carbocycles. The summed E-state index contributed by atoms with van der Waals surface area (Å²) in [6.07, 6.45) is -0.245. The zero-order chi connectivity index (χ0) is 17.5. The molecule has 126 valence electrons. The van der Waals surface area contributed by atoms with E-state index in [1.165, 1.54) is 6.07 Å². The largest absolute Gasteiger partial charge is 0.394 e. The average molecular weight is 333 g/mol. The summed E-state index contributed by atoms with van der Waals surface area (Å²) in [7, 11) is 0. The normalized spacial score (nSPS) is 11.8. The maximum Gasteiger partial charge on any atom is 0.221 e. The lowest BCUT2D eigenvalue weighted by Gasteiger charge is -2.16. The number of nitrogens with one attached hydrogen (secondary N) is 1. The van der Waals surface area contributed by atoms with Gasteiger partial charge in [0.05, 0.1) is 12.6 Å². The molecule has 0 radical (unpaired) electrons. The van der Waals surface area contributed by atoms with Crippen LogP contribution in [0.4, 0.5) is 8.78 Å². The van der Waals surface area contributed by atoms with E-state index in [2.05, 4.69) is 5.32 Å². The number of aliphatic hydroxyl groups is 1. The van der Waals surface area contributed by atoms with Gasteiger partial charge in [-0.15, -0.1) is 0 Å². The standard InChI is InChI=1S/C18H17F2NO3/c19-14-7-6-13(10-15(14)20)17(23)8-9-18(24)21-16(11-22)12-4-2-1-3-5-12/h1-7,10,16,22H,8-9,11H2,(H,21,24). The van der Waals surface area contributed by atoms with Crippen molar-refractivity contribution >= 4 is 11.7 Å². The van der Waals surface area contributed by atoms with Gasteiger partial charge in [-0.25, -0.2) is 8.78 Å². The van der Waals surface area contributed by atoms with Gasteiger partial charge < -0.3 is 10.4 Å². The first-order valence-corrected chi connectivity index (χ1v) is 7.44. The number of hydrogen-bond donors (Lipinski definition) is 2. The van der Waals surface area contributed by atoms with Gasteiger partial charge in [0.25, 0.3) is 0 Å². The Balaban J connectivity index is 1.90. The number of amides is 1. The minimum atomic E-state index is -1.10. The Bertz CT molecular complexity index is 719. The van der Waals surface area contributed by atoms with Crippen LogP contribution in [0.15, 0.2) is 48.5 Å². The van der Waals surface area contributed by atoms with E-state index in [1.54, 1.807) is 24.3 Å². The summed E-state index contributed by atoms with van der Waals surface area (Å²) in [6, 6.07) is 11.3. The number of carbonyl (C=O) groups is 2. The first-order valence-electron chi connectivity index (χ1n) is 7.44. The van der Waals surface area contributed by atoms with Crippen LogP contribution in [0.5, 0.6) is 0 Å². The van der Waals surface area contributed by atoms with Crippen molar-refractivity contribution in [3.63, 3.8) is 0 Å². The maximum atomic E-state index is 13.1. The Morgan fingerprint density at radius 2 is 1.71 bits per heavy atom. The minimum Gasteiger partial charge on any atom is -0.394 e. The highest BCUT2D eigenvalue weighted by atomic mass is 19.2. The van der Waals surface area contributed by atoms with Gasteiger partial charge in [0.2, 0.25) is 5.91 Å². The molecule has 4 nitrogen and oxygen atoms in total. The Hall–Kier alpha value is -2.60. The Kier molecular flexibility index (Phi) is 6.14. The van der Waals surface area contributed by atoms with Crippen molar-refractivity contribution in [2.24, 2.45) is 0 Å². The van der Waals surface area contributed by atoms with Gasteiger partial charge in [-0.2, -0.15) is 0 Å². The highest BCUT2D eigenvalue weighted by Gasteiger charge is 2.15. The molecule has 6 heteroatoms. The molecular weight excluding hydrogens is 316 g/mol. The molecule has 2 rings (SSSR count). The molecule has 1 amide bonds. The van der Waals surface area contributed by atoms with Crippen molar-refractivity contribution in [3.8, 4) is 0 Å². The summed E-state index contributed by atoms with van der Waals surface area (Å²) >= 11 is 0. The van der Waals surface area contributed by atoms with Crippen LogP contribution in [0.1, 0.15) is 34.8 Å². The van der Waals surface area contributed by atoms with Crippen molar-refractivity contribution in [2.75, 3.05) is 6.61 Å². The summed E-state index contributed by atoms with van der Waals surface area (Å²) in [5, 5.41) is 12.0. The minimum absolute atomic E-state index is 0.0171. The van der Waals surface area contributed by atoms with E-state index < -0.39 is 29.4 Å². The van der Waals surface area contributed by atoms with Gasteiger partial charge >= 0.3 is 0 Å². The molecule has 0 aromatic heterocycles. The molecule has 0 aliphatic rings. The molecule has 2 aromatic rings. The maximum absolute atomic E-state index is 13.1. The van der Waals surface area contributed by atoms with Crippen molar-refractivity contribution in [1.29, 1.82) is 0 Å². The molecule has 0 fully saturated rings. The second-order valence-electron chi connectivity index (χ2n) is 5.27. The Morgan fingerprint density at radius 1 is 1.00 bits per heavy atom. The summed E-state index contributed by atoms with van der Waals surface area (Å²) in [6.45, 7) is -0.271. The van der Waals surface area contributed by atoms with Crippen LogP contribution in [0.25, 0.3) is 0 Å². The highest BCUT2D eigenvalue weighted by Crippen LogP contribution is 2.14. The molecule has 0 bridgehead atoms. The average Bonchev–Trinajstić information content (AvgIpc) is 2.60. The quantitative estimate of drug-likeness (QED) is 0.766. The predicted molar refractivity (Wildman–Crippen MR) is 84.3 cm³/mol. The Morgan fingerprint density at radius 3 is 2.33 bits per heavy atom. The SMILES string of the molecule is O=C(CCC(=O)c1ccc(F)c(F)c1)NC(CO)c1ccccc1. The van der Waals surface area contributed by atoms with E-state index in [0.717, 1.165) is 17.7 Å². The monoisotopic (exact) mass is 333 g/mol. The summed E-state index contributed by atoms with van der Waals surface area (Å²) in [4.78, 5) is 23.9. The fraction of sp³-hybridized carbons (Fsp3) is 0.222. The number of hydrogen-bond acceptors (Lipinski definition) is 3. The molecule has 2 N–H and O–H groups in total. The third-order valence-electron chi connectivity index (χ3n) is 3.54. The van der Waals surface area contributed by atoms with E-state index in [1.807, 2.05) is 6.07 Å². The second-order valence-corrected chi connectivity index (χ2v) is 5.27. The Labute approximate surface area is 138 Å². The third kappa shape index (κ3) is 4.70. The van der Waals surface area contributed by atoms with Crippen LogP contribution >= 0.6 is 0 Å². The number of halogens is 2. The van der Waals surface area contributed by atoms with Crippen LogP contribution < -0.4 is 5.32 Å².